The van der Waals surface area contributed by atoms with Gasteiger partial charge in [0.15, 0.2) is 0 Å². The van der Waals surface area contributed by atoms with Crippen molar-refractivity contribution in [2.45, 2.75) is 37.4 Å². The second-order valence-corrected chi connectivity index (χ2v) is 4.42. The van der Waals surface area contributed by atoms with E-state index in [-0.39, 0.29) is 13.2 Å². The van der Waals surface area contributed by atoms with Gasteiger partial charge >= 0.3 is 17.6 Å². The first kappa shape index (κ1) is 17.6. The van der Waals surface area contributed by atoms with Crippen LogP contribution in [-0.4, -0.2) is 46.3 Å². The van der Waals surface area contributed by atoms with Gasteiger partial charge in [-0.05, 0) is 13.8 Å². The Balaban J connectivity index is 4.90. The predicted octanol–water partition coefficient (Wildman–Crippen LogP) is 2.84. The number of hydrogen-bond donors (Lipinski definition) is 0. The third kappa shape index (κ3) is 4.09. The minimum atomic E-state index is -6.33. The molecule has 0 spiro atoms. The fraction of sp³-hybridized carbons (Fsp3) is 1.00. The van der Waals surface area contributed by atoms with Crippen LogP contribution in [0.3, 0.4) is 0 Å². The monoisotopic (exact) mass is 300 g/mol. The van der Waals surface area contributed by atoms with Crippen LogP contribution >= 0.6 is 0 Å². The number of rotatable bonds is 7. The summed E-state index contributed by atoms with van der Waals surface area (Å²) in [6.07, 6.45) is -6.33. The van der Waals surface area contributed by atoms with Crippen molar-refractivity contribution in [3.8, 4) is 0 Å². The lowest BCUT2D eigenvalue weighted by Crippen LogP contribution is -2.58. The molecule has 0 aromatic carbocycles. The van der Waals surface area contributed by atoms with E-state index in [4.69, 9.17) is 0 Å². The standard InChI is InChI=1S/C8H11F7O2Si/c1-3-16-5(17-4-2)18-8(14,15)6(9,10)7(11,12)13/h5H,3-4H2,1-2H3. The van der Waals surface area contributed by atoms with Crippen LogP contribution in [0, 0.1) is 0 Å². The smallest absolute Gasteiger partial charge is 0.357 e. The van der Waals surface area contributed by atoms with Crippen molar-refractivity contribution in [1.82, 2.24) is 0 Å². The van der Waals surface area contributed by atoms with Crippen LogP contribution in [0.1, 0.15) is 13.8 Å². The highest BCUT2D eigenvalue weighted by molar-refractivity contribution is 6.40. The molecule has 0 atom stereocenters. The summed E-state index contributed by atoms with van der Waals surface area (Å²) >= 11 is 0. The quantitative estimate of drug-likeness (QED) is 0.409. The maximum atomic E-state index is 13.0. The third-order valence-corrected chi connectivity index (χ3v) is 2.93. The van der Waals surface area contributed by atoms with E-state index in [2.05, 4.69) is 9.47 Å². The lowest BCUT2D eigenvalue weighted by Gasteiger charge is -2.30. The zero-order chi connectivity index (χ0) is 14.6. The van der Waals surface area contributed by atoms with Gasteiger partial charge in [-0.15, -0.1) is 0 Å². The van der Waals surface area contributed by atoms with Crippen LogP contribution in [0.2, 0.25) is 0 Å². The van der Waals surface area contributed by atoms with Gasteiger partial charge in [0.2, 0.25) is 9.52 Å². The molecule has 0 saturated carbocycles. The molecule has 0 N–H and O–H groups in total. The zero-order valence-corrected chi connectivity index (χ0v) is 10.5. The van der Waals surface area contributed by atoms with Crippen LogP contribution in [-0.2, 0) is 9.47 Å². The molecule has 0 aliphatic carbocycles. The molecule has 0 rings (SSSR count). The van der Waals surface area contributed by atoms with Crippen molar-refractivity contribution in [3.05, 3.63) is 0 Å². The van der Waals surface area contributed by atoms with Gasteiger partial charge in [-0.3, -0.25) is 0 Å². The largest absolute Gasteiger partial charge is 0.459 e. The Kier molecular flexibility index (Phi) is 6.07. The highest BCUT2D eigenvalue weighted by Gasteiger charge is 2.73. The van der Waals surface area contributed by atoms with Crippen molar-refractivity contribution in [1.29, 1.82) is 0 Å². The van der Waals surface area contributed by atoms with Crippen molar-refractivity contribution >= 4 is 9.52 Å². The molecule has 0 fully saturated rings. The molecule has 0 aliphatic heterocycles. The van der Waals surface area contributed by atoms with E-state index in [1.807, 2.05) is 0 Å². The molecule has 0 aliphatic rings. The summed E-state index contributed by atoms with van der Waals surface area (Å²) in [5, 5.41) is 0. The summed E-state index contributed by atoms with van der Waals surface area (Å²) in [6.45, 7) is 2.45. The van der Waals surface area contributed by atoms with E-state index in [0.717, 1.165) is 0 Å². The fourth-order valence-corrected chi connectivity index (χ4v) is 1.97. The molecule has 0 aromatic rings. The van der Waals surface area contributed by atoms with E-state index in [1.165, 1.54) is 13.8 Å². The zero-order valence-electron chi connectivity index (χ0n) is 9.45. The predicted molar refractivity (Wildman–Crippen MR) is 48.7 cm³/mol. The first-order chi connectivity index (χ1) is 7.99. The molecule has 0 saturated heterocycles. The van der Waals surface area contributed by atoms with Crippen LogP contribution in [0.25, 0.3) is 0 Å². The first-order valence-electron chi connectivity index (χ1n) is 4.82. The molecule has 18 heavy (non-hydrogen) atoms. The van der Waals surface area contributed by atoms with Crippen molar-refractivity contribution < 1.29 is 40.2 Å². The van der Waals surface area contributed by atoms with Gasteiger partial charge in [-0.1, -0.05) is 0 Å². The summed E-state index contributed by atoms with van der Waals surface area (Å²) in [6, 6.07) is 0. The van der Waals surface area contributed by atoms with Gasteiger partial charge in [0.1, 0.15) is 5.91 Å². The minimum absolute atomic E-state index is 0.147. The van der Waals surface area contributed by atoms with E-state index < -0.39 is 33.1 Å². The summed E-state index contributed by atoms with van der Waals surface area (Å²) in [7, 11) is -2.16. The molecule has 2 nitrogen and oxygen atoms in total. The van der Waals surface area contributed by atoms with Gasteiger partial charge in [-0.2, -0.15) is 22.0 Å². The van der Waals surface area contributed by atoms with E-state index >= 15 is 0 Å². The molecule has 10 heteroatoms. The maximum absolute atomic E-state index is 13.0. The summed E-state index contributed by atoms with van der Waals surface area (Å²) in [5.41, 5.74) is -5.28. The average Bonchev–Trinajstić information content (AvgIpc) is 2.15. The highest BCUT2D eigenvalue weighted by Crippen LogP contribution is 2.46. The Labute approximate surface area is 101 Å². The van der Waals surface area contributed by atoms with Crippen LogP contribution in [0.5, 0.6) is 0 Å². The van der Waals surface area contributed by atoms with Gasteiger partial charge in [-0.25, -0.2) is 8.78 Å². The average molecular weight is 300 g/mol. The lowest BCUT2D eigenvalue weighted by atomic mass is 10.3. The van der Waals surface area contributed by atoms with Gasteiger partial charge in [0, 0.05) is 13.2 Å². The molecule has 2 radical (unpaired) electrons. The van der Waals surface area contributed by atoms with Gasteiger partial charge in [0.25, 0.3) is 0 Å². The summed E-state index contributed by atoms with van der Waals surface area (Å²) in [4.78, 5) is 0. The molecular formula is C8H11F7O2Si. The van der Waals surface area contributed by atoms with Crippen LogP contribution in [0.15, 0.2) is 0 Å². The molecule has 0 unspecified atom stereocenters. The first-order valence-corrected chi connectivity index (χ1v) is 5.90. The van der Waals surface area contributed by atoms with Crippen molar-refractivity contribution in [3.63, 3.8) is 0 Å². The lowest BCUT2D eigenvalue weighted by molar-refractivity contribution is -0.334. The Bertz CT molecular complexity index is 250. The van der Waals surface area contributed by atoms with Crippen molar-refractivity contribution in [2.75, 3.05) is 13.2 Å². The van der Waals surface area contributed by atoms with Gasteiger partial charge < -0.3 is 9.47 Å². The summed E-state index contributed by atoms with van der Waals surface area (Å²) < 4.78 is 95.7. The normalized spacial score (nSPS) is 14.3. The van der Waals surface area contributed by atoms with E-state index in [9.17, 15) is 30.7 Å². The number of ether oxygens (including phenoxy) is 2. The molecule has 0 bridgehead atoms. The van der Waals surface area contributed by atoms with Crippen LogP contribution in [0.4, 0.5) is 30.7 Å². The Morgan fingerprint density at radius 3 is 1.56 bits per heavy atom. The molecule has 0 amide bonds. The molecule has 108 valence electrons. The Hall–Kier alpha value is -0.353. The third-order valence-electron chi connectivity index (χ3n) is 1.69. The number of hydrogen-bond acceptors (Lipinski definition) is 2. The topological polar surface area (TPSA) is 18.5 Å². The second kappa shape index (κ2) is 6.20. The maximum Gasteiger partial charge on any atom is 0.459 e. The molecular weight excluding hydrogens is 289 g/mol. The molecule has 0 heterocycles. The van der Waals surface area contributed by atoms with Crippen molar-refractivity contribution in [2.24, 2.45) is 0 Å². The minimum Gasteiger partial charge on any atom is -0.357 e. The van der Waals surface area contributed by atoms with Crippen LogP contribution < -0.4 is 0 Å². The number of alkyl halides is 7. The summed E-state index contributed by atoms with van der Waals surface area (Å²) in [5.74, 6) is -7.91. The fourth-order valence-electron chi connectivity index (χ4n) is 0.851. The van der Waals surface area contributed by atoms with E-state index in [0.29, 0.717) is 0 Å². The van der Waals surface area contributed by atoms with Gasteiger partial charge in [0.05, 0.1) is 0 Å². The van der Waals surface area contributed by atoms with E-state index in [1.54, 1.807) is 0 Å². The highest BCUT2D eigenvalue weighted by atomic mass is 28.2. The second-order valence-electron chi connectivity index (χ2n) is 3.03. The number of halogens is 7. The SMILES string of the molecule is CCOC(OCC)[Si]C(F)(F)C(F)(F)C(F)(F)F. The Morgan fingerprint density at radius 1 is 0.889 bits per heavy atom. The Morgan fingerprint density at radius 2 is 1.28 bits per heavy atom. The molecule has 0 aromatic heterocycles.